The Morgan fingerprint density at radius 1 is 0.926 bits per heavy atom. The molecule has 3 rings (SSSR count). The summed E-state index contributed by atoms with van der Waals surface area (Å²) in [4.78, 5) is 32.0. The van der Waals surface area contributed by atoms with Crippen LogP contribution in [0.15, 0.2) is 73.2 Å². The van der Waals surface area contributed by atoms with Crippen LogP contribution in [0.1, 0.15) is 16.8 Å². The number of anilines is 1. The monoisotopic (exact) mass is 362 g/mol. The van der Waals surface area contributed by atoms with Crippen LogP contribution in [0.2, 0.25) is 0 Å². The molecule has 3 aromatic rings. The summed E-state index contributed by atoms with van der Waals surface area (Å²) >= 11 is 0. The number of carbonyl (C=O) groups is 2. The maximum absolute atomic E-state index is 12.1. The number of benzene rings is 1. The van der Waals surface area contributed by atoms with Crippen molar-refractivity contribution in [1.29, 1.82) is 0 Å². The van der Waals surface area contributed by atoms with Gasteiger partial charge in [-0.05, 0) is 48.5 Å². The summed E-state index contributed by atoms with van der Waals surface area (Å²) in [5, 5.41) is 5.38. The minimum atomic E-state index is -0.256. The highest BCUT2D eigenvalue weighted by Gasteiger charge is 2.08. The van der Waals surface area contributed by atoms with Gasteiger partial charge in [0.25, 0.3) is 5.91 Å². The molecule has 136 valence electrons. The van der Waals surface area contributed by atoms with Crippen LogP contribution in [0.3, 0.4) is 0 Å². The fourth-order valence-electron chi connectivity index (χ4n) is 2.25. The van der Waals surface area contributed by atoms with Gasteiger partial charge in [0.05, 0.1) is 6.20 Å². The predicted octanol–water partition coefficient (Wildman–Crippen LogP) is 3.03. The minimum Gasteiger partial charge on any atom is -0.456 e. The second-order valence-corrected chi connectivity index (χ2v) is 5.58. The maximum Gasteiger partial charge on any atom is 0.251 e. The van der Waals surface area contributed by atoms with Crippen LogP contribution >= 0.6 is 0 Å². The minimum absolute atomic E-state index is 0.157. The van der Waals surface area contributed by atoms with Crippen LogP contribution in [0.5, 0.6) is 11.5 Å². The van der Waals surface area contributed by atoms with E-state index in [1.165, 1.54) is 0 Å². The second-order valence-electron chi connectivity index (χ2n) is 5.58. The van der Waals surface area contributed by atoms with Crippen molar-refractivity contribution >= 4 is 17.6 Å². The van der Waals surface area contributed by atoms with Crippen molar-refractivity contribution in [3.8, 4) is 11.5 Å². The van der Waals surface area contributed by atoms with Crippen LogP contribution in [0.25, 0.3) is 0 Å². The molecule has 0 aliphatic rings. The molecule has 0 unspecified atom stereocenters. The summed E-state index contributed by atoms with van der Waals surface area (Å²) in [6.07, 6.45) is 5.02. The molecule has 0 aliphatic carbocycles. The number of pyridine rings is 2. The van der Waals surface area contributed by atoms with E-state index in [1.807, 2.05) is 0 Å². The number of aromatic nitrogens is 2. The average molecular weight is 362 g/mol. The van der Waals surface area contributed by atoms with Crippen LogP contribution in [-0.2, 0) is 4.79 Å². The fraction of sp³-hybridized carbons (Fsp3) is 0.100. The largest absolute Gasteiger partial charge is 0.456 e. The first-order chi connectivity index (χ1) is 13.2. The number of hydrogen-bond donors (Lipinski definition) is 2. The molecule has 27 heavy (non-hydrogen) atoms. The molecule has 2 aromatic heterocycles. The number of rotatable bonds is 7. The lowest BCUT2D eigenvalue weighted by Crippen LogP contribution is -2.27. The number of ether oxygens (including phenoxy) is 1. The number of amides is 2. The zero-order chi connectivity index (χ0) is 18.9. The van der Waals surface area contributed by atoms with Gasteiger partial charge in [-0.15, -0.1) is 0 Å². The molecule has 0 fully saturated rings. The van der Waals surface area contributed by atoms with Gasteiger partial charge >= 0.3 is 0 Å². The van der Waals surface area contributed by atoms with E-state index in [9.17, 15) is 9.59 Å². The Morgan fingerprint density at radius 3 is 2.48 bits per heavy atom. The zero-order valence-corrected chi connectivity index (χ0v) is 14.5. The van der Waals surface area contributed by atoms with Crippen molar-refractivity contribution in [2.75, 3.05) is 11.9 Å². The predicted molar refractivity (Wildman–Crippen MR) is 101 cm³/mol. The lowest BCUT2D eigenvalue weighted by Gasteiger charge is -2.08. The molecule has 0 saturated heterocycles. The maximum atomic E-state index is 12.1. The SMILES string of the molecule is O=C(CCNC(=O)c1ccc(Oc2cccnc2)cc1)Nc1ccccn1. The number of nitrogens with one attached hydrogen (secondary N) is 2. The van der Waals surface area contributed by atoms with Gasteiger partial charge in [0, 0.05) is 30.9 Å². The molecule has 2 N–H and O–H groups in total. The van der Waals surface area contributed by atoms with Crippen molar-refractivity contribution < 1.29 is 14.3 Å². The second kappa shape index (κ2) is 9.10. The normalized spacial score (nSPS) is 10.1. The summed E-state index contributed by atoms with van der Waals surface area (Å²) in [5.74, 6) is 1.24. The molecule has 2 heterocycles. The average Bonchev–Trinajstić information content (AvgIpc) is 2.70. The van der Waals surface area contributed by atoms with E-state index in [-0.39, 0.29) is 24.8 Å². The molecule has 7 heteroatoms. The van der Waals surface area contributed by atoms with Gasteiger partial charge in [0.15, 0.2) is 0 Å². The van der Waals surface area contributed by atoms with E-state index >= 15 is 0 Å². The van der Waals surface area contributed by atoms with E-state index in [0.717, 1.165) is 0 Å². The highest BCUT2D eigenvalue weighted by Crippen LogP contribution is 2.20. The summed E-state index contributed by atoms with van der Waals surface area (Å²) in [5.41, 5.74) is 0.485. The lowest BCUT2D eigenvalue weighted by atomic mass is 10.2. The van der Waals surface area contributed by atoms with E-state index in [2.05, 4.69) is 20.6 Å². The third-order valence-corrected chi connectivity index (χ3v) is 3.56. The van der Waals surface area contributed by atoms with Crippen molar-refractivity contribution in [3.05, 3.63) is 78.8 Å². The first kappa shape index (κ1) is 18.1. The van der Waals surface area contributed by atoms with Gasteiger partial charge in [-0.1, -0.05) is 6.07 Å². The molecule has 0 aliphatic heterocycles. The van der Waals surface area contributed by atoms with E-state index < -0.39 is 0 Å². The Hall–Kier alpha value is -3.74. The highest BCUT2D eigenvalue weighted by atomic mass is 16.5. The summed E-state index contributed by atoms with van der Waals surface area (Å²) in [6.45, 7) is 0.228. The summed E-state index contributed by atoms with van der Waals surface area (Å²) in [6, 6.07) is 15.6. The molecule has 0 saturated carbocycles. The van der Waals surface area contributed by atoms with Crippen molar-refractivity contribution in [2.24, 2.45) is 0 Å². The van der Waals surface area contributed by atoms with Gasteiger partial charge in [0.1, 0.15) is 17.3 Å². The standard InChI is InChI=1S/C20H18N4O3/c25-19(24-18-5-1-2-12-22-18)10-13-23-20(26)15-6-8-16(9-7-15)27-17-4-3-11-21-14-17/h1-9,11-12,14H,10,13H2,(H,23,26)(H,22,24,25). The van der Waals surface area contributed by atoms with Crippen LogP contribution in [0.4, 0.5) is 5.82 Å². The van der Waals surface area contributed by atoms with Crippen molar-refractivity contribution in [1.82, 2.24) is 15.3 Å². The highest BCUT2D eigenvalue weighted by molar-refractivity contribution is 5.95. The van der Waals surface area contributed by atoms with Gasteiger partial charge in [0.2, 0.25) is 5.91 Å². The van der Waals surface area contributed by atoms with Crippen LogP contribution in [-0.4, -0.2) is 28.3 Å². The first-order valence-electron chi connectivity index (χ1n) is 8.38. The fourth-order valence-corrected chi connectivity index (χ4v) is 2.25. The van der Waals surface area contributed by atoms with Gasteiger partial charge in [-0.2, -0.15) is 0 Å². The van der Waals surface area contributed by atoms with Gasteiger partial charge in [-0.25, -0.2) is 4.98 Å². The first-order valence-corrected chi connectivity index (χ1v) is 8.38. The summed E-state index contributed by atoms with van der Waals surface area (Å²) in [7, 11) is 0. The molecule has 0 spiro atoms. The Morgan fingerprint density at radius 2 is 1.78 bits per heavy atom. The number of carbonyl (C=O) groups excluding carboxylic acids is 2. The quantitative estimate of drug-likeness (QED) is 0.674. The van der Waals surface area contributed by atoms with E-state index in [1.54, 1.807) is 73.2 Å². The van der Waals surface area contributed by atoms with Crippen molar-refractivity contribution in [2.45, 2.75) is 6.42 Å². The third-order valence-electron chi connectivity index (χ3n) is 3.56. The summed E-state index contributed by atoms with van der Waals surface area (Å²) < 4.78 is 5.63. The topological polar surface area (TPSA) is 93.2 Å². The molecular formula is C20H18N4O3. The molecule has 0 atom stereocenters. The van der Waals surface area contributed by atoms with Gasteiger partial charge < -0.3 is 15.4 Å². The molecular weight excluding hydrogens is 344 g/mol. The van der Waals surface area contributed by atoms with E-state index in [4.69, 9.17) is 4.74 Å². The van der Waals surface area contributed by atoms with Crippen LogP contribution in [0, 0.1) is 0 Å². The van der Waals surface area contributed by atoms with Gasteiger partial charge in [-0.3, -0.25) is 14.6 Å². The molecule has 0 radical (unpaired) electrons. The number of hydrogen-bond acceptors (Lipinski definition) is 5. The Kier molecular flexibility index (Phi) is 6.08. The smallest absolute Gasteiger partial charge is 0.251 e. The molecule has 7 nitrogen and oxygen atoms in total. The van der Waals surface area contributed by atoms with Crippen LogP contribution < -0.4 is 15.4 Å². The van der Waals surface area contributed by atoms with E-state index in [0.29, 0.717) is 22.9 Å². The Labute approximate surface area is 156 Å². The lowest BCUT2D eigenvalue weighted by molar-refractivity contribution is -0.116. The molecule has 1 aromatic carbocycles. The number of nitrogens with zero attached hydrogens (tertiary/aromatic N) is 2. The van der Waals surface area contributed by atoms with Crippen molar-refractivity contribution in [3.63, 3.8) is 0 Å². The third kappa shape index (κ3) is 5.64. The molecule has 0 bridgehead atoms. The zero-order valence-electron chi connectivity index (χ0n) is 14.5. The Bertz CT molecular complexity index is 884. The Balaban J connectivity index is 1.44. The molecule has 2 amide bonds.